The number of nitriles is 1. The molecule has 0 fully saturated rings. The molecule has 0 radical (unpaired) electrons. The molecule has 1 heterocycles. The molecule has 0 saturated heterocycles. The second-order valence-electron chi connectivity index (χ2n) is 3.93. The van der Waals surface area contributed by atoms with Gasteiger partial charge < -0.3 is 19.3 Å². The van der Waals surface area contributed by atoms with Gasteiger partial charge in [-0.15, -0.1) is 0 Å². The number of ether oxygens (including phenoxy) is 3. The van der Waals surface area contributed by atoms with Crippen molar-refractivity contribution in [3.63, 3.8) is 0 Å². The minimum Gasteiger partial charge on any atom is -0.493 e. The fraction of sp³-hybridized carbons (Fsp3) is 0.462. The molecule has 0 amide bonds. The number of unbranched alkanes of at least 4 members (excludes halogenated alkanes) is 2. The summed E-state index contributed by atoms with van der Waals surface area (Å²) >= 11 is 0. The van der Waals surface area contributed by atoms with Gasteiger partial charge in [0.2, 0.25) is 6.79 Å². The lowest BCUT2D eigenvalue weighted by Gasteiger charge is -2.10. The average Bonchev–Trinajstić information content (AvgIpc) is 2.84. The Kier molecular flexibility index (Phi) is 4.26. The summed E-state index contributed by atoms with van der Waals surface area (Å²) in [7, 11) is 0. The molecule has 1 N–H and O–H groups in total. The molecule has 1 aromatic carbocycles. The smallest absolute Gasteiger partial charge is 0.231 e. The highest BCUT2D eigenvalue weighted by Gasteiger charge is 2.17. The molecule has 0 bridgehead atoms. The van der Waals surface area contributed by atoms with Crippen LogP contribution in [0.15, 0.2) is 12.1 Å². The van der Waals surface area contributed by atoms with Gasteiger partial charge in [-0.2, -0.15) is 5.26 Å². The van der Waals surface area contributed by atoms with E-state index in [0.717, 1.165) is 12.8 Å². The van der Waals surface area contributed by atoms with Crippen molar-refractivity contribution in [1.82, 2.24) is 0 Å². The van der Waals surface area contributed by atoms with Gasteiger partial charge in [-0.1, -0.05) is 0 Å². The van der Waals surface area contributed by atoms with Crippen LogP contribution in [0.3, 0.4) is 0 Å². The summed E-state index contributed by atoms with van der Waals surface area (Å²) in [5.41, 5.74) is 0.680. The van der Waals surface area contributed by atoms with Crippen molar-refractivity contribution < 1.29 is 19.3 Å². The van der Waals surface area contributed by atoms with Crippen LogP contribution >= 0.6 is 0 Å². The summed E-state index contributed by atoms with van der Waals surface area (Å²) in [6.07, 6.45) is 2.17. The van der Waals surface area contributed by atoms with Gasteiger partial charge in [0.1, 0.15) is 5.75 Å². The molecule has 0 aliphatic carbocycles. The summed E-state index contributed by atoms with van der Waals surface area (Å²) in [5, 5.41) is 17.7. The molecule has 18 heavy (non-hydrogen) atoms. The van der Waals surface area contributed by atoms with Gasteiger partial charge in [-0.3, -0.25) is 0 Å². The zero-order chi connectivity index (χ0) is 12.8. The van der Waals surface area contributed by atoms with Crippen LogP contribution in [0.2, 0.25) is 0 Å². The highest BCUT2D eigenvalue weighted by Crippen LogP contribution is 2.38. The molecule has 0 atom stereocenters. The molecule has 0 unspecified atom stereocenters. The predicted molar refractivity (Wildman–Crippen MR) is 63.4 cm³/mol. The molecular formula is C13H15NO4. The Labute approximate surface area is 106 Å². The molecule has 2 rings (SSSR count). The van der Waals surface area contributed by atoms with Gasteiger partial charge >= 0.3 is 0 Å². The predicted octanol–water partition coefficient (Wildman–Crippen LogP) is 1.98. The van der Waals surface area contributed by atoms with Crippen LogP contribution in [-0.4, -0.2) is 18.5 Å². The molecule has 0 aromatic heterocycles. The first-order chi connectivity index (χ1) is 8.85. The zero-order valence-electron chi connectivity index (χ0n) is 10.0. The third-order valence-corrected chi connectivity index (χ3v) is 2.67. The Hall–Kier alpha value is -1.93. The van der Waals surface area contributed by atoms with Crippen molar-refractivity contribution in [1.29, 1.82) is 5.26 Å². The molecule has 5 nitrogen and oxygen atoms in total. The lowest BCUT2D eigenvalue weighted by atomic mass is 10.2. The molecule has 1 aliphatic rings. The van der Waals surface area contributed by atoms with Gasteiger partial charge in [-0.25, -0.2) is 0 Å². The molecule has 0 saturated carbocycles. The first-order valence-corrected chi connectivity index (χ1v) is 5.88. The van der Waals surface area contributed by atoms with Crippen LogP contribution in [0.4, 0.5) is 0 Å². The number of benzene rings is 1. The number of hydrogen-bond donors (Lipinski definition) is 1. The lowest BCUT2D eigenvalue weighted by Crippen LogP contribution is -2.00. The van der Waals surface area contributed by atoms with Crippen LogP contribution in [-0.2, 0) is 6.61 Å². The number of fused-ring (bicyclic) bond motifs is 1. The Morgan fingerprint density at radius 1 is 1.28 bits per heavy atom. The number of aliphatic hydroxyl groups is 1. The Morgan fingerprint density at radius 2 is 2.06 bits per heavy atom. The maximum atomic E-state index is 9.27. The van der Waals surface area contributed by atoms with Crippen LogP contribution in [0, 0.1) is 11.3 Å². The van der Waals surface area contributed by atoms with Gasteiger partial charge in [0, 0.05) is 18.1 Å². The van der Waals surface area contributed by atoms with E-state index in [4.69, 9.17) is 19.5 Å². The maximum Gasteiger partial charge on any atom is 0.231 e. The fourth-order valence-corrected chi connectivity index (χ4v) is 1.71. The van der Waals surface area contributed by atoms with Crippen LogP contribution < -0.4 is 14.2 Å². The molecule has 96 valence electrons. The van der Waals surface area contributed by atoms with E-state index in [-0.39, 0.29) is 13.4 Å². The second-order valence-corrected chi connectivity index (χ2v) is 3.93. The normalized spacial score (nSPS) is 12.2. The van der Waals surface area contributed by atoms with Crippen molar-refractivity contribution >= 4 is 0 Å². The van der Waals surface area contributed by atoms with Gasteiger partial charge in [0.25, 0.3) is 0 Å². The van der Waals surface area contributed by atoms with Crippen molar-refractivity contribution in [3.05, 3.63) is 17.7 Å². The Balaban J connectivity index is 1.97. The second kappa shape index (κ2) is 6.12. The number of hydrogen-bond acceptors (Lipinski definition) is 5. The number of rotatable bonds is 6. The van der Waals surface area contributed by atoms with Crippen molar-refractivity contribution in [2.24, 2.45) is 0 Å². The molecule has 1 aliphatic heterocycles. The summed E-state index contributed by atoms with van der Waals surface area (Å²) < 4.78 is 16.1. The highest BCUT2D eigenvalue weighted by atomic mass is 16.7. The van der Waals surface area contributed by atoms with Crippen LogP contribution in [0.25, 0.3) is 0 Å². The fourth-order valence-electron chi connectivity index (χ4n) is 1.71. The van der Waals surface area contributed by atoms with E-state index in [2.05, 4.69) is 6.07 Å². The first-order valence-electron chi connectivity index (χ1n) is 5.88. The summed E-state index contributed by atoms with van der Waals surface area (Å²) in [6.45, 7) is 0.615. The van der Waals surface area contributed by atoms with E-state index in [9.17, 15) is 5.11 Å². The van der Waals surface area contributed by atoms with Crippen molar-refractivity contribution in [2.45, 2.75) is 25.9 Å². The molecule has 1 aromatic rings. The van der Waals surface area contributed by atoms with Crippen LogP contribution in [0.5, 0.6) is 17.2 Å². The number of aliphatic hydroxyl groups excluding tert-OH is 1. The minimum absolute atomic E-state index is 0.107. The minimum atomic E-state index is -0.107. The molecule has 0 spiro atoms. The molecular weight excluding hydrogens is 234 g/mol. The van der Waals surface area contributed by atoms with E-state index in [1.165, 1.54) is 0 Å². The summed E-state index contributed by atoms with van der Waals surface area (Å²) in [6, 6.07) is 5.55. The van der Waals surface area contributed by atoms with Gasteiger partial charge in [0.05, 0.1) is 19.3 Å². The average molecular weight is 249 g/mol. The van der Waals surface area contributed by atoms with E-state index in [1.54, 1.807) is 12.1 Å². The SMILES string of the molecule is N#CCCCCOc1cc2c(cc1CO)OCO2. The first kappa shape index (κ1) is 12.5. The van der Waals surface area contributed by atoms with E-state index in [0.29, 0.717) is 35.8 Å². The van der Waals surface area contributed by atoms with E-state index < -0.39 is 0 Å². The van der Waals surface area contributed by atoms with Crippen LogP contribution in [0.1, 0.15) is 24.8 Å². The Bertz CT molecular complexity index is 453. The Morgan fingerprint density at radius 3 is 2.78 bits per heavy atom. The zero-order valence-corrected chi connectivity index (χ0v) is 10.0. The largest absolute Gasteiger partial charge is 0.493 e. The molecule has 5 heteroatoms. The maximum absolute atomic E-state index is 9.27. The monoisotopic (exact) mass is 249 g/mol. The topological polar surface area (TPSA) is 71.7 Å². The highest BCUT2D eigenvalue weighted by molar-refractivity contribution is 5.51. The quantitative estimate of drug-likeness (QED) is 0.780. The number of nitrogens with zero attached hydrogens (tertiary/aromatic N) is 1. The third kappa shape index (κ3) is 2.84. The van der Waals surface area contributed by atoms with Gasteiger partial charge in [0.15, 0.2) is 11.5 Å². The lowest BCUT2D eigenvalue weighted by molar-refractivity contribution is 0.173. The summed E-state index contributed by atoms with van der Waals surface area (Å²) in [4.78, 5) is 0. The summed E-state index contributed by atoms with van der Waals surface area (Å²) in [5.74, 6) is 1.88. The van der Waals surface area contributed by atoms with Crippen molar-refractivity contribution in [3.8, 4) is 23.3 Å². The van der Waals surface area contributed by atoms with E-state index >= 15 is 0 Å². The van der Waals surface area contributed by atoms with Crippen molar-refractivity contribution in [2.75, 3.05) is 13.4 Å². The standard InChI is InChI=1S/C13H15NO4/c14-4-2-1-3-5-16-11-7-13-12(17-9-18-13)6-10(11)8-15/h6-7,15H,1-3,5,8-9H2. The van der Waals surface area contributed by atoms with Gasteiger partial charge in [-0.05, 0) is 18.9 Å². The third-order valence-electron chi connectivity index (χ3n) is 2.67. The van der Waals surface area contributed by atoms with E-state index in [1.807, 2.05) is 0 Å².